The third-order valence-electron chi connectivity index (χ3n) is 2.02. The van der Waals surface area contributed by atoms with Crippen LogP contribution in [0, 0.1) is 6.92 Å². The number of carbonyl (C=O) groups is 1. The van der Waals surface area contributed by atoms with E-state index >= 15 is 0 Å². The number of methoxy groups -OCH3 is 2. The summed E-state index contributed by atoms with van der Waals surface area (Å²) in [4.78, 5) is 15.2. The lowest BCUT2D eigenvalue weighted by molar-refractivity contribution is -0.139. The third-order valence-corrected chi connectivity index (χ3v) is 2.02. The molecule has 1 N–H and O–H groups in total. The summed E-state index contributed by atoms with van der Waals surface area (Å²) in [7, 11) is 2.97. The Balaban J connectivity index is 2.53. The van der Waals surface area contributed by atoms with Crippen LogP contribution in [0.2, 0.25) is 0 Å². The van der Waals surface area contributed by atoms with Crippen molar-refractivity contribution in [3.8, 4) is 5.75 Å². The van der Waals surface area contributed by atoms with Crippen LogP contribution in [0.25, 0.3) is 0 Å². The van der Waals surface area contributed by atoms with Gasteiger partial charge < -0.3 is 14.8 Å². The van der Waals surface area contributed by atoms with Crippen molar-refractivity contribution in [2.75, 3.05) is 20.8 Å². The van der Waals surface area contributed by atoms with Gasteiger partial charge in [-0.05, 0) is 6.92 Å². The lowest BCUT2D eigenvalue weighted by atomic mass is 10.3. The number of hydrogen-bond donors (Lipinski definition) is 1. The molecule has 1 aromatic rings. The van der Waals surface area contributed by atoms with Crippen LogP contribution < -0.4 is 10.1 Å². The van der Waals surface area contributed by atoms with Crippen molar-refractivity contribution in [3.63, 3.8) is 0 Å². The van der Waals surface area contributed by atoms with Crippen molar-refractivity contribution in [1.82, 2.24) is 10.3 Å². The summed E-state index contributed by atoms with van der Waals surface area (Å²) < 4.78 is 9.64. The Morgan fingerprint density at radius 2 is 2.19 bits per heavy atom. The van der Waals surface area contributed by atoms with E-state index in [4.69, 9.17) is 4.74 Å². The number of aromatic nitrogens is 1. The van der Waals surface area contributed by atoms with Gasteiger partial charge in [-0.2, -0.15) is 0 Å². The highest BCUT2D eigenvalue weighted by molar-refractivity contribution is 5.71. The molecular formula is C11H16N2O3. The Bertz CT molecular complexity index is 366. The van der Waals surface area contributed by atoms with E-state index in [2.05, 4.69) is 15.0 Å². The van der Waals surface area contributed by atoms with E-state index < -0.39 is 0 Å². The fourth-order valence-corrected chi connectivity index (χ4v) is 1.28. The number of nitrogens with zero attached hydrogens (tertiary/aromatic N) is 1. The van der Waals surface area contributed by atoms with Crippen molar-refractivity contribution >= 4 is 5.97 Å². The van der Waals surface area contributed by atoms with Crippen molar-refractivity contribution in [1.29, 1.82) is 0 Å². The van der Waals surface area contributed by atoms with Gasteiger partial charge in [0, 0.05) is 24.4 Å². The zero-order chi connectivity index (χ0) is 12.0. The van der Waals surface area contributed by atoms with Crippen molar-refractivity contribution in [2.24, 2.45) is 0 Å². The Morgan fingerprint density at radius 3 is 2.81 bits per heavy atom. The minimum absolute atomic E-state index is 0.175. The first-order valence-electron chi connectivity index (χ1n) is 4.94. The van der Waals surface area contributed by atoms with Gasteiger partial charge in [0.15, 0.2) is 0 Å². The van der Waals surface area contributed by atoms with Gasteiger partial charge in [0.25, 0.3) is 0 Å². The molecule has 0 atom stereocenters. The highest BCUT2D eigenvalue weighted by Crippen LogP contribution is 2.12. The van der Waals surface area contributed by atoms with Gasteiger partial charge in [0.05, 0.1) is 26.5 Å². The number of esters is 1. The minimum Gasteiger partial charge on any atom is -0.497 e. The quantitative estimate of drug-likeness (QED) is 0.744. The standard InChI is InChI=1S/C11H16N2O3/c1-8-4-10(15-2)5-9(13-8)6-12-7-11(14)16-3/h4-5,12H,6-7H2,1-3H3. The summed E-state index contributed by atoms with van der Waals surface area (Å²) in [6, 6.07) is 3.68. The molecule has 0 spiro atoms. The van der Waals surface area contributed by atoms with Gasteiger partial charge in [0.1, 0.15) is 5.75 Å². The number of nitrogens with one attached hydrogen (secondary N) is 1. The summed E-state index contributed by atoms with van der Waals surface area (Å²) >= 11 is 0. The van der Waals surface area contributed by atoms with E-state index in [-0.39, 0.29) is 12.5 Å². The number of aryl methyl sites for hydroxylation is 1. The van der Waals surface area contributed by atoms with Crippen LogP contribution in [-0.4, -0.2) is 31.7 Å². The fourth-order valence-electron chi connectivity index (χ4n) is 1.28. The Morgan fingerprint density at radius 1 is 1.44 bits per heavy atom. The molecule has 0 saturated heterocycles. The molecule has 0 bridgehead atoms. The normalized spacial score (nSPS) is 9.94. The van der Waals surface area contributed by atoms with Crippen LogP contribution in [0.1, 0.15) is 11.4 Å². The molecule has 88 valence electrons. The number of hydrogen-bond acceptors (Lipinski definition) is 5. The molecule has 16 heavy (non-hydrogen) atoms. The van der Waals surface area contributed by atoms with Crippen LogP contribution in [-0.2, 0) is 16.1 Å². The minimum atomic E-state index is -0.292. The molecule has 0 aliphatic heterocycles. The third kappa shape index (κ3) is 3.86. The maximum absolute atomic E-state index is 10.9. The first kappa shape index (κ1) is 12.4. The summed E-state index contributed by atoms with van der Waals surface area (Å²) in [6.45, 7) is 2.58. The summed E-state index contributed by atoms with van der Waals surface area (Å²) in [5.41, 5.74) is 1.72. The predicted octanol–water partition coefficient (Wildman–Crippen LogP) is 0.661. The average molecular weight is 224 g/mol. The van der Waals surface area contributed by atoms with Crippen LogP contribution in [0.4, 0.5) is 0 Å². The maximum Gasteiger partial charge on any atom is 0.319 e. The average Bonchev–Trinajstić information content (AvgIpc) is 2.28. The summed E-state index contributed by atoms with van der Waals surface area (Å²) in [6.07, 6.45) is 0. The molecule has 0 amide bonds. The molecule has 0 radical (unpaired) electrons. The molecule has 5 nitrogen and oxygen atoms in total. The molecule has 1 aromatic heterocycles. The highest BCUT2D eigenvalue weighted by Gasteiger charge is 2.02. The van der Waals surface area contributed by atoms with E-state index in [1.54, 1.807) is 7.11 Å². The molecule has 0 fully saturated rings. The van der Waals surface area contributed by atoms with Gasteiger partial charge in [0.2, 0.25) is 0 Å². The first-order valence-corrected chi connectivity index (χ1v) is 4.94. The van der Waals surface area contributed by atoms with E-state index in [9.17, 15) is 4.79 Å². The van der Waals surface area contributed by atoms with Gasteiger partial charge in [-0.25, -0.2) is 0 Å². The molecule has 0 aromatic carbocycles. The molecule has 5 heteroatoms. The second kappa shape index (κ2) is 6.07. The van der Waals surface area contributed by atoms with Crippen LogP contribution in [0.3, 0.4) is 0 Å². The van der Waals surface area contributed by atoms with Crippen molar-refractivity contribution in [2.45, 2.75) is 13.5 Å². The fraction of sp³-hybridized carbons (Fsp3) is 0.455. The second-order valence-corrected chi connectivity index (χ2v) is 3.32. The molecule has 0 unspecified atom stereocenters. The Kier molecular flexibility index (Phi) is 4.72. The van der Waals surface area contributed by atoms with Gasteiger partial charge >= 0.3 is 5.97 Å². The van der Waals surface area contributed by atoms with E-state index in [1.165, 1.54) is 7.11 Å². The number of ether oxygens (including phenoxy) is 2. The summed E-state index contributed by atoms with van der Waals surface area (Å²) in [5.74, 6) is 0.474. The summed E-state index contributed by atoms with van der Waals surface area (Å²) in [5, 5.41) is 2.94. The number of pyridine rings is 1. The Labute approximate surface area is 94.8 Å². The lowest BCUT2D eigenvalue weighted by Crippen LogP contribution is -2.23. The van der Waals surface area contributed by atoms with Crippen molar-refractivity contribution < 1.29 is 14.3 Å². The monoisotopic (exact) mass is 224 g/mol. The van der Waals surface area contributed by atoms with E-state index in [0.717, 1.165) is 17.1 Å². The van der Waals surface area contributed by atoms with Crippen LogP contribution in [0.5, 0.6) is 5.75 Å². The Hall–Kier alpha value is -1.62. The van der Waals surface area contributed by atoms with E-state index in [0.29, 0.717) is 6.54 Å². The topological polar surface area (TPSA) is 60.5 Å². The number of carbonyl (C=O) groups excluding carboxylic acids is 1. The number of rotatable bonds is 5. The SMILES string of the molecule is COC(=O)CNCc1cc(OC)cc(C)n1. The smallest absolute Gasteiger partial charge is 0.319 e. The molecular weight excluding hydrogens is 208 g/mol. The van der Waals surface area contributed by atoms with Gasteiger partial charge in [-0.1, -0.05) is 0 Å². The van der Waals surface area contributed by atoms with Gasteiger partial charge in [-0.3, -0.25) is 9.78 Å². The lowest BCUT2D eigenvalue weighted by Gasteiger charge is -2.06. The zero-order valence-electron chi connectivity index (χ0n) is 9.74. The largest absolute Gasteiger partial charge is 0.497 e. The zero-order valence-corrected chi connectivity index (χ0v) is 9.74. The first-order chi connectivity index (χ1) is 7.65. The molecule has 0 aliphatic rings. The maximum atomic E-state index is 10.9. The molecule has 1 heterocycles. The highest BCUT2D eigenvalue weighted by atomic mass is 16.5. The van der Waals surface area contributed by atoms with Crippen LogP contribution >= 0.6 is 0 Å². The van der Waals surface area contributed by atoms with E-state index in [1.807, 2.05) is 19.1 Å². The molecule has 0 saturated carbocycles. The predicted molar refractivity (Wildman–Crippen MR) is 59.2 cm³/mol. The second-order valence-electron chi connectivity index (χ2n) is 3.32. The molecule has 0 aliphatic carbocycles. The van der Waals surface area contributed by atoms with Crippen LogP contribution in [0.15, 0.2) is 12.1 Å². The molecule has 1 rings (SSSR count). The van der Waals surface area contributed by atoms with Crippen molar-refractivity contribution in [3.05, 3.63) is 23.5 Å². The van der Waals surface area contributed by atoms with Gasteiger partial charge in [-0.15, -0.1) is 0 Å².